The minimum atomic E-state index is -0.728. The highest BCUT2D eigenvalue weighted by Gasteiger charge is 1.92. The molecule has 0 atom stereocenters. The van der Waals surface area contributed by atoms with Gasteiger partial charge in [0.15, 0.2) is 0 Å². The van der Waals surface area contributed by atoms with Crippen LogP contribution < -0.4 is 0 Å². The van der Waals surface area contributed by atoms with Crippen LogP contribution in [0.25, 0.3) is 0 Å². The molecular formula is C20H30O3. The topological polar surface area (TPSA) is 57.5 Å². The van der Waals surface area contributed by atoms with Crippen LogP contribution in [-0.2, 0) is 4.79 Å². The lowest BCUT2D eigenvalue weighted by Crippen LogP contribution is -1.92. The van der Waals surface area contributed by atoms with Crippen molar-refractivity contribution in [1.82, 2.24) is 0 Å². The standard InChI is InChI=1S/C20H30O3/c21-19-17-15-13-11-9-7-5-3-1-2-4-6-8-10-12-14-16-18-20(22)23/h1,3,6-10,12-13,15,21H,2,4-5,11,14,16-19H2,(H,22,23)/b3-1+,8-6+,9-7+,12-10+,15-13+. The molecule has 2 N–H and O–H groups in total. The van der Waals surface area contributed by atoms with Gasteiger partial charge < -0.3 is 10.2 Å². The first-order valence-electron chi connectivity index (χ1n) is 8.36. The van der Waals surface area contributed by atoms with Crippen molar-refractivity contribution in [1.29, 1.82) is 0 Å². The summed E-state index contributed by atoms with van der Waals surface area (Å²) in [4.78, 5) is 10.3. The van der Waals surface area contributed by atoms with Gasteiger partial charge in [-0.1, -0.05) is 60.8 Å². The van der Waals surface area contributed by atoms with Crippen molar-refractivity contribution in [2.24, 2.45) is 0 Å². The smallest absolute Gasteiger partial charge is 0.303 e. The second-order valence-electron chi connectivity index (χ2n) is 5.12. The molecule has 3 heteroatoms. The van der Waals surface area contributed by atoms with Gasteiger partial charge in [-0.05, 0) is 44.9 Å². The summed E-state index contributed by atoms with van der Waals surface area (Å²) in [5.41, 5.74) is 0. The second kappa shape index (κ2) is 18.2. The van der Waals surface area contributed by atoms with Crippen molar-refractivity contribution >= 4 is 5.97 Å². The Morgan fingerprint density at radius 3 is 1.83 bits per heavy atom. The van der Waals surface area contributed by atoms with Crippen molar-refractivity contribution in [3.05, 3.63) is 60.8 Å². The summed E-state index contributed by atoms with van der Waals surface area (Å²) in [5, 5.41) is 17.1. The van der Waals surface area contributed by atoms with Crippen LogP contribution in [0.2, 0.25) is 0 Å². The molecule has 0 saturated carbocycles. The van der Waals surface area contributed by atoms with E-state index >= 15 is 0 Å². The molecule has 0 fully saturated rings. The molecule has 0 aliphatic carbocycles. The molecule has 0 aromatic rings. The van der Waals surface area contributed by atoms with Gasteiger partial charge in [0.25, 0.3) is 0 Å². The Kier molecular flexibility index (Phi) is 16.7. The van der Waals surface area contributed by atoms with Crippen molar-refractivity contribution in [2.45, 2.75) is 51.4 Å². The Morgan fingerprint density at radius 1 is 0.696 bits per heavy atom. The maximum absolute atomic E-state index is 10.3. The molecule has 0 saturated heterocycles. The molecule has 0 radical (unpaired) electrons. The molecule has 0 rings (SSSR count). The number of carboxylic acids is 1. The Morgan fingerprint density at radius 2 is 1.22 bits per heavy atom. The predicted molar refractivity (Wildman–Crippen MR) is 97.4 cm³/mol. The van der Waals surface area contributed by atoms with Gasteiger partial charge in [0.2, 0.25) is 0 Å². The van der Waals surface area contributed by atoms with E-state index in [1.165, 1.54) is 0 Å². The maximum Gasteiger partial charge on any atom is 0.303 e. The molecule has 0 heterocycles. The molecule has 0 aliphatic rings. The first kappa shape index (κ1) is 21.1. The summed E-state index contributed by atoms with van der Waals surface area (Å²) in [6.07, 6.45) is 27.3. The maximum atomic E-state index is 10.3. The highest BCUT2D eigenvalue weighted by molar-refractivity contribution is 5.66. The summed E-state index contributed by atoms with van der Waals surface area (Å²) >= 11 is 0. The molecule has 0 unspecified atom stereocenters. The summed E-state index contributed by atoms with van der Waals surface area (Å²) < 4.78 is 0. The fourth-order valence-corrected chi connectivity index (χ4v) is 1.77. The number of carbonyl (C=O) groups is 1. The fraction of sp³-hybridized carbons (Fsp3) is 0.450. The van der Waals surface area contributed by atoms with Crippen LogP contribution in [0.5, 0.6) is 0 Å². The average Bonchev–Trinajstić information content (AvgIpc) is 2.53. The van der Waals surface area contributed by atoms with Crippen LogP contribution in [0.4, 0.5) is 0 Å². The Bertz CT molecular complexity index is 415. The molecule has 0 aromatic heterocycles. The van der Waals surface area contributed by atoms with E-state index in [0.29, 0.717) is 6.42 Å². The monoisotopic (exact) mass is 318 g/mol. The van der Waals surface area contributed by atoms with Crippen LogP contribution >= 0.6 is 0 Å². The largest absolute Gasteiger partial charge is 0.481 e. The van der Waals surface area contributed by atoms with Crippen LogP contribution in [0.15, 0.2) is 60.8 Å². The molecule has 0 spiro atoms. The van der Waals surface area contributed by atoms with Crippen LogP contribution in [0.1, 0.15) is 51.4 Å². The highest BCUT2D eigenvalue weighted by atomic mass is 16.4. The van der Waals surface area contributed by atoms with Gasteiger partial charge in [0.1, 0.15) is 0 Å². The zero-order valence-electron chi connectivity index (χ0n) is 13.9. The SMILES string of the molecule is O=C(O)CCC/C=C/C=C/CC/C=C/C/C=C/C/C=C/CCO. The first-order valence-corrected chi connectivity index (χ1v) is 8.36. The van der Waals surface area contributed by atoms with Crippen molar-refractivity contribution in [3.63, 3.8) is 0 Å². The van der Waals surface area contributed by atoms with E-state index in [9.17, 15) is 4.79 Å². The zero-order chi connectivity index (χ0) is 17.0. The summed E-state index contributed by atoms with van der Waals surface area (Å²) in [7, 11) is 0. The number of allylic oxidation sites excluding steroid dienone is 9. The Labute approximate surface area is 140 Å². The summed E-state index contributed by atoms with van der Waals surface area (Å²) in [6, 6.07) is 0. The minimum Gasteiger partial charge on any atom is -0.481 e. The highest BCUT2D eigenvalue weighted by Crippen LogP contribution is 1.99. The Balaban J connectivity index is 3.45. The van der Waals surface area contributed by atoms with E-state index in [2.05, 4.69) is 36.5 Å². The van der Waals surface area contributed by atoms with Crippen LogP contribution in [-0.4, -0.2) is 22.8 Å². The number of hydrogen-bond donors (Lipinski definition) is 2. The molecule has 128 valence electrons. The van der Waals surface area contributed by atoms with Gasteiger partial charge in [-0.25, -0.2) is 0 Å². The first-order chi connectivity index (χ1) is 11.3. The van der Waals surface area contributed by atoms with E-state index in [1.807, 2.05) is 24.3 Å². The third kappa shape index (κ3) is 20.1. The lowest BCUT2D eigenvalue weighted by molar-refractivity contribution is -0.137. The third-order valence-electron chi connectivity index (χ3n) is 2.98. The molecule has 0 aliphatic heterocycles. The van der Waals surface area contributed by atoms with E-state index in [0.717, 1.165) is 38.5 Å². The number of rotatable bonds is 14. The number of unbranched alkanes of at least 4 members (excludes halogenated alkanes) is 2. The van der Waals surface area contributed by atoms with Crippen LogP contribution in [0, 0.1) is 0 Å². The molecule has 0 aromatic carbocycles. The summed E-state index contributed by atoms with van der Waals surface area (Å²) in [6.45, 7) is 0.220. The lowest BCUT2D eigenvalue weighted by Gasteiger charge is -1.89. The number of hydrogen-bond acceptors (Lipinski definition) is 2. The van der Waals surface area contributed by atoms with E-state index in [4.69, 9.17) is 10.2 Å². The van der Waals surface area contributed by atoms with Crippen molar-refractivity contribution < 1.29 is 15.0 Å². The van der Waals surface area contributed by atoms with Gasteiger partial charge in [-0.15, -0.1) is 0 Å². The zero-order valence-corrected chi connectivity index (χ0v) is 13.9. The quantitative estimate of drug-likeness (QED) is 0.270. The van der Waals surface area contributed by atoms with E-state index in [-0.39, 0.29) is 13.0 Å². The minimum absolute atomic E-state index is 0.220. The van der Waals surface area contributed by atoms with E-state index in [1.54, 1.807) is 0 Å². The molecular weight excluding hydrogens is 288 g/mol. The third-order valence-corrected chi connectivity index (χ3v) is 2.98. The van der Waals surface area contributed by atoms with Gasteiger partial charge in [0.05, 0.1) is 0 Å². The van der Waals surface area contributed by atoms with Gasteiger partial charge in [0, 0.05) is 13.0 Å². The van der Waals surface area contributed by atoms with Gasteiger partial charge in [-0.2, -0.15) is 0 Å². The average molecular weight is 318 g/mol. The molecule has 0 bridgehead atoms. The van der Waals surface area contributed by atoms with Gasteiger partial charge >= 0.3 is 5.97 Å². The van der Waals surface area contributed by atoms with E-state index < -0.39 is 5.97 Å². The van der Waals surface area contributed by atoms with Crippen LogP contribution in [0.3, 0.4) is 0 Å². The number of carboxylic acid groups (broad SMARTS) is 1. The van der Waals surface area contributed by atoms with Crippen molar-refractivity contribution in [3.8, 4) is 0 Å². The van der Waals surface area contributed by atoms with Gasteiger partial charge in [-0.3, -0.25) is 4.79 Å². The molecule has 0 amide bonds. The second-order valence-corrected chi connectivity index (χ2v) is 5.12. The number of aliphatic hydroxyl groups excluding tert-OH is 1. The predicted octanol–water partition coefficient (Wildman–Crippen LogP) is 4.97. The Hall–Kier alpha value is -1.87. The number of aliphatic carboxylic acids is 1. The normalized spacial score (nSPS) is 12.7. The number of aliphatic hydroxyl groups is 1. The van der Waals surface area contributed by atoms with Crippen molar-refractivity contribution in [2.75, 3.05) is 6.61 Å². The fourth-order valence-electron chi connectivity index (χ4n) is 1.77. The molecule has 3 nitrogen and oxygen atoms in total. The summed E-state index contributed by atoms with van der Waals surface area (Å²) in [5.74, 6) is -0.728. The molecule has 23 heavy (non-hydrogen) atoms. The lowest BCUT2D eigenvalue weighted by atomic mass is 10.2.